The van der Waals surface area contributed by atoms with Gasteiger partial charge in [-0.05, 0) is 32.4 Å². The fraction of sp³-hybridized carbons (Fsp3) is 0.833. The molecule has 1 N–H and O–H groups in total. The quantitative estimate of drug-likeness (QED) is 0.774. The molecule has 17 heavy (non-hydrogen) atoms. The molecule has 0 aromatic carbocycles. The Morgan fingerprint density at radius 3 is 2.82 bits per heavy atom. The minimum atomic E-state index is 0.661. The van der Waals surface area contributed by atoms with E-state index in [9.17, 15) is 0 Å². The first-order valence-electron chi connectivity index (χ1n) is 6.63. The topological polar surface area (TPSA) is 41.0 Å². The molecule has 0 bridgehead atoms. The van der Waals surface area contributed by atoms with E-state index in [1.807, 2.05) is 0 Å². The van der Waals surface area contributed by atoms with Crippen LogP contribution in [0.5, 0.6) is 0 Å². The van der Waals surface area contributed by atoms with Crippen molar-refractivity contribution < 1.29 is 0 Å². The zero-order valence-corrected chi connectivity index (χ0v) is 11.6. The van der Waals surface area contributed by atoms with Crippen molar-refractivity contribution in [3.63, 3.8) is 0 Å². The highest BCUT2D eigenvalue weighted by Gasteiger charge is 2.27. The molecule has 0 saturated heterocycles. The summed E-state index contributed by atoms with van der Waals surface area (Å²) in [5.41, 5.74) is 0. The van der Waals surface area contributed by atoms with Gasteiger partial charge in [0, 0.05) is 30.5 Å². The molecule has 0 spiro atoms. The van der Waals surface area contributed by atoms with Gasteiger partial charge in [-0.1, -0.05) is 13.8 Å². The maximum absolute atomic E-state index is 4.52. The lowest BCUT2D eigenvalue weighted by molar-refractivity contribution is 0.300. The Hall–Kier alpha value is -0.680. The van der Waals surface area contributed by atoms with E-state index in [1.165, 1.54) is 37.3 Å². The molecule has 1 aliphatic rings. The molecule has 0 unspecified atom stereocenters. The molecule has 0 aliphatic heterocycles. The van der Waals surface area contributed by atoms with Crippen molar-refractivity contribution in [3.8, 4) is 0 Å². The molecule has 1 heterocycles. The maximum atomic E-state index is 4.52. The van der Waals surface area contributed by atoms with Crippen LogP contribution in [0.1, 0.15) is 44.9 Å². The van der Waals surface area contributed by atoms with Crippen LogP contribution in [0.15, 0.2) is 0 Å². The molecule has 0 atom stereocenters. The van der Waals surface area contributed by atoms with Gasteiger partial charge in [-0.3, -0.25) is 0 Å². The highest BCUT2D eigenvalue weighted by Crippen LogP contribution is 2.39. The smallest absolute Gasteiger partial charge is 0.202 e. The van der Waals surface area contributed by atoms with Crippen LogP contribution in [0.25, 0.3) is 0 Å². The summed E-state index contributed by atoms with van der Waals surface area (Å²) in [7, 11) is 0. The third kappa shape index (κ3) is 3.92. The van der Waals surface area contributed by atoms with Crippen LogP contribution in [0, 0.1) is 0 Å². The number of nitrogens with zero attached hydrogens (tertiary/aromatic N) is 3. The fourth-order valence-electron chi connectivity index (χ4n) is 1.88. The molecule has 0 amide bonds. The van der Waals surface area contributed by atoms with Crippen LogP contribution in [-0.4, -0.2) is 40.4 Å². The lowest BCUT2D eigenvalue weighted by Gasteiger charge is -2.19. The largest absolute Gasteiger partial charge is 0.359 e. The Balaban J connectivity index is 1.69. The Bertz CT molecular complexity index is 335. The van der Waals surface area contributed by atoms with Gasteiger partial charge in [-0.25, -0.2) is 4.98 Å². The fourth-order valence-corrected chi connectivity index (χ4v) is 2.55. The molecule has 96 valence electrons. The molecular weight excluding hydrogens is 232 g/mol. The summed E-state index contributed by atoms with van der Waals surface area (Å²) in [4.78, 5) is 6.97. The van der Waals surface area contributed by atoms with E-state index in [0.717, 1.165) is 30.6 Å². The molecule has 1 aromatic heterocycles. The highest BCUT2D eigenvalue weighted by atomic mass is 32.1. The number of nitrogens with one attached hydrogen (secondary N) is 1. The SMILES string of the molecule is CCCN(CC)CCNc1nc(C2CC2)ns1. The van der Waals surface area contributed by atoms with E-state index in [0.29, 0.717) is 5.92 Å². The van der Waals surface area contributed by atoms with Crippen molar-refractivity contribution in [2.24, 2.45) is 0 Å². The summed E-state index contributed by atoms with van der Waals surface area (Å²) in [5, 5.41) is 4.36. The minimum absolute atomic E-state index is 0.661. The zero-order valence-electron chi connectivity index (χ0n) is 10.8. The van der Waals surface area contributed by atoms with Crippen LogP contribution in [0.2, 0.25) is 0 Å². The van der Waals surface area contributed by atoms with E-state index >= 15 is 0 Å². The first-order valence-corrected chi connectivity index (χ1v) is 7.40. The number of hydrogen-bond donors (Lipinski definition) is 1. The number of hydrogen-bond acceptors (Lipinski definition) is 5. The third-order valence-electron chi connectivity index (χ3n) is 3.08. The van der Waals surface area contributed by atoms with Gasteiger partial charge in [0.05, 0.1) is 0 Å². The molecule has 0 radical (unpaired) electrons. The first-order chi connectivity index (χ1) is 8.33. The summed E-state index contributed by atoms with van der Waals surface area (Å²) < 4.78 is 4.39. The summed E-state index contributed by atoms with van der Waals surface area (Å²) >= 11 is 1.50. The predicted molar refractivity (Wildman–Crippen MR) is 72.8 cm³/mol. The second-order valence-electron chi connectivity index (χ2n) is 4.59. The van der Waals surface area contributed by atoms with Gasteiger partial charge < -0.3 is 10.2 Å². The van der Waals surface area contributed by atoms with Gasteiger partial charge in [0.15, 0.2) is 0 Å². The summed E-state index contributed by atoms with van der Waals surface area (Å²) in [5.74, 6) is 1.72. The molecule has 5 heteroatoms. The summed E-state index contributed by atoms with van der Waals surface area (Å²) in [6.07, 6.45) is 3.77. The number of anilines is 1. The van der Waals surface area contributed by atoms with Gasteiger partial charge in [0.1, 0.15) is 5.82 Å². The van der Waals surface area contributed by atoms with Crippen LogP contribution in [-0.2, 0) is 0 Å². The van der Waals surface area contributed by atoms with Gasteiger partial charge in [-0.15, -0.1) is 0 Å². The average Bonchev–Trinajstić information content (AvgIpc) is 3.09. The van der Waals surface area contributed by atoms with Crippen molar-refractivity contribution in [2.45, 2.75) is 39.0 Å². The van der Waals surface area contributed by atoms with E-state index in [4.69, 9.17) is 0 Å². The number of rotatable bonds is 8. The van der Waals surface area contributed by atoms with Gasteiger partial charge in [0.2, 0.25) is 5.13 Å². The lowest BCUT2D eigenvalue weighted by atomic mass is 10.4. The van der Waals surface area contributed by atoms with Crippen molar-refractivity contribution in [3.05, 3.63) is 5.82 Å². The van der Waals surface area contributed by atoms with Crippen molar-refractivity contribution in [2.75, 3.05) is 31.5 Å². The van der Waals surface area contributed by atoms with E-state index in [-0.39, 0.29) is 0 Å². The van der Waals surface area contributed by atoms with Crippen LogP contribution < -0.4 is 5.32 Å². The second kappa shape index (κ2) is 6.31. The number of likely N-dealkylation sites (N-methyl/N-ethyl adjacent to an activating group) is 1. The lowest BCUT2D eigenvalue weighted by Crippen LogP contribution is -2.29. The van der Waals surface area contributed by atoms with Crippen molar-refractivity contribution in [1.82, 2.24) is 14.3 Å². The van der Waals surface area contributed by atoms with E-state index in [1.54, 1.807) is 0 Å². The molecule has 4 nitrogen and oxygen atoms in total. The Morgan fingerprint density at radius 2 is 2.18 bits per heavy atom. The molecule has 1 aromatic rings. The molecular formula is C12H22N4S. The summed E-state index contributed by atoms with van der Waals surface area (Å²) in [6, 6.07) is 0. The zero-order chi connectivity index (χ0) is 12.1. The van der Waals surface area contributed by atoms with Gasteiger partial charge >= 0.3 is 0 Å². The van der Waals surface area contributed by atoms with Crippen LogP contribution in [0.4, 0.5) is 5.13 Å². The Labute approximate surface area is 108 Å². The molecule has 1 aliphatic carbocycles. The predicted octanol–water partition coefficient (Wildman–Crippen LogP) is 2.56. The second-order valence-corrected chi connectivity index (χ2v) is 5.34. The van der Waals surface area contributed by atoms with Gasteiger partial charge in [0.25, 0.3) is 0 Å². The number of aromatic nitrogens is 2. The van der Waals surface area contributed by atoms with Crippen LogP contribution in [0.3, 0.4) is 0 Å². The van der Waals surface area contributed by atoms with Gasteiger partial charge in [-0.2, -0.15) is 4.37 Å². The van der Waals surface area contributed by atoms with Crippen molar-refractivity contribution in [1.29, 1.82) is 0 Å². The summed E-state index contributed by atoms with van der Waals surface area (Å²) in [6.45, 7) is 8.80. The van der Waals surface area contributed by atoms with Crippen molar-refractivity contribution >= 4 is 16.7 Å². The normalized spacial score (nSPS) is 15.5. The average molecular weight is 254 g/mol. The molecule has 1 fully saturated rings. The molecule has 1 saturated carbocycles. The maximum Gasteiger partial charge on any atom is 0.202 e. The monoisotopic (exact) mass is 254 g/mol. The minimum Gasteiger partial charge on any atom is -0.359 e. The standard InChI is InChI=1S/C12H22N4S/c1-3-8-16(4-2)9-7-13-12-14-11(15-17-12)10-5-6-10/h10H,3-9H2,1-2H3,(H,13,14,15). The van der Waals surface area contributed by atoms with Crippen LogP contribution >= 0.6 is 11.5 Å². The Morgan fingerprint density at radius 1 is 1.35 bits per heavy atom. The highest BCUT2D eigenvalue weighted by molar-refractivity contribution is 7.09. The van der Waals surface area contributed by atoms with E-state index < -0.39 is 0 Å². The molecule has 2 rings (SSSR count). The Kier molecular flexibility index (Phi) is 4.74. The third-order valence-corrected chi connectivity index (χ3v) is 3.76. The first kappa shape index (κ1) is 12.8. The van der Waals surface area contributed by atoms with E-state index in [2.05, 4.69) is 33.4 Å².